The topological polar surface area (TPSA) is 0 Å². The number of rotatable bonds is 0. The van der Waals surface area contributed by atoms with E-state index in [1.54, 1.807) is 0 Å². The van der Waals surface area contributed by atoms with E-state index < -0.39 is 0 Å². The zero-order chi connectivity index (χ0) is 4.50. The van der Waals surface area contributed by atoms with Gasteiger partial charge < -0.3 is 0 Å². The largest absolute Gasteiger partial charge is 0.0481 e. The Morgan fingerprint density at radius 3 is 0.833 bits per heavy atom. The van der Waals surface area contributed by atoms with Crippen molar-refractivity contribution < 1.29 is 21.1 Å². The van der Waals surface area contributed by atoms with Crippen molar-refractivity contribution in [3.05, 3.63) is 0 Å². The first-order valence-electron chi connectivity index (χ1n) is 1.79. The Morgan fingerprint density at radius 1 is 0.833 bits per heavy atom. The van der Waals surface area contributed by atoms with Crippen LogP contribution in [-0.2, 0) is 21.1 Å². The predicted molar refractivity (Wildman–Crippen MR) is 30.6 cm³/mol. The van der Waals surface area contributed by atoms with Crippen LogP contribution in [0.25, 0.3) is 0 Å². The van der Waals surface area contributed by atoms with E-state index in [-0.39, 0.29) is 28.3 Å². The fourth-order valence-corrected chi connectivity index (χ4v) is 0. The second-order valence-corrected chi connectivity index (χ2v) is 8.05. The van der Waals surface area contributed by atoms with Gasteiger partial charge in [-0.25, -0.2) is 0 Å². The van der Waals surface area contributed by atoms with Gasteiger partial charge in [0.25, 0.3) is 0 Å². The van der Waals surface area contributed by atoms with Gasteiger partial charge >= 0.3 is 0 Å². The summed E-state index contributed by atoms with van der Waals surface area (Å²) in [6.45, 7) is 9.19. The Hall–Kier alpha value is 1.12. The molecule has 0 aromatic carbocycles. The summed E-state index contributed by atoms with van der Waals surface area (Å²) in [6, 6.07) is 0. The van der Waals surface area contributed by atoms with Crippen molar-refractivity contribution in [1.82, 2.24) is 0 Å². The molecular weight excluding hydrogens is 263 g/mol. The van der Waals surface area contributed by atoms with E-state index in [2.05, 4.69) is 26.7 Å². The van der Waals surface area contributed by atoms with Crippen molar-refractivity contribution in [2.24, 2.45) is 0 Å². The fraction of sp³-hybridized carbons (Fsp3) is 1.00. The third-order valence-corrected chi connectivity index (χ3v) is 0. The van der Waals surface area contributed by atoms with Crippen molar-refractivity contribution in [2.75, 3.05) is 26.7 Å². The van der Waals surface area contributed by atoms with Crippen LogP contribution in [0.4, 0.5) is 0 Å². The minimum atomic E-state index is -0.389. The third kappa shape index (κ3) is 69.4. The number of hydrogen-bond acceptors (Lipinski definition) is 0. The van der Waals surface area contributed by atoms with Crippen LogP contribution in [0.3, 0.4) is 0 Å². The Kier molecular flexibility index (Phi) is 5.36. The summed E-state index contributed by atoms with van der Waals surface area (Å²) in [5.41, 5.74) is 0. The quantitative estimate of drug-likeness (QED) is 0.588. The molecule has 38 valence electrons. The summed E-state index contributed by atoms with van der Waals surface area (Å²) in [4.78, 5) is 0. The maximum Gasteiger partial charge on any atom is 0.0481 e. The van der Waals surface area contributed by atoms with E-state index >= 15 is 0 Å². The summed E-state index contributed by atoms with van der Waals surface area (Å²) in [6.07, 6.45) is 0. The Labute approximate surface area is 55.3 Å². The minimum Gasteiger partial charge on any atom is 0 e. The second kappa shape index (κ2) is 3.16. The Balaban J connectivity index is 0. The van der Waals surface area contributed by atoms with Gasteiger partial charge in [-0.1, -0.05) is 0 Å². The molecule has 0 amide bonds. The van der Waals surface area contributed by atoms with Crippen molar-refractivity contribution >= 4 is 7.26 Å². The maximum atomic E-state index is 2.30. The van der Waals surface area contributed by atoms with Gasteiger partial charge in [0.1, 0.15) is 0 Å². The fourth-order valence-electron chi connectivity index (χ4n) is 0. The monoisotopic (exact) mass is 275 g/mol. The summed E-state index contributed by atoms with van der Waals surface area (Å²) in [5, 5.41) is 0. The van der Waals surface area contributed by atoms with Gasteiger partial charge in [0, 0.05) is 55.0 Å². The molecular formula is C4H12PW+. The van der Waals surface area contributed by atoms with Crippen LogP contribution in [0.1, 0.15) is 0 Å². The van der Waals surface area contributed by atoms with E-state index in [9.17, 15) is 0 Å². The summed E-state index contributed by atoms with van der Waals surface area (Å²) < 4.78 is 0. The molecule has 0 atom stereocenters. The molecule has 0 nitrogen and oxygen atoms in total. The first-order valence-corrected chi connectivity index (χ1v) is 5.37. The standard InChI is InChI=1S/C4H12P.W/c1-5(2,3)4;/h1-4H3;/q+1;. The van der Waals surface area contributed by atoms with Crippen molar-refractivity contribution in [3.8, 4) is 0 Å². The molecule has 0 aliphatic rings. The first-order chi connectivity index (χ1) is 2.00. The van der Waals surface area contributed by atoms with Crippen molar-refractivity contribution in [3.63, 3.8) is 0 Å². The van der Waals surface area contributed by atoms with Gasteiger partial charge in [0.15, 0.2) is 0 Å². The summed E-state index contributed by atoms with van der Waals surface area (Å²) >= 11 is 0. The molecule has 0 aromatic heterocycles. The molecule has 0 saturated heterocycles. The van der Waals surface area contributed by atoms with E-state index in [4.69, 9.17) is 0 Å². The van der Waals surface area contributed by atoms with E-state index in [0.29, 0.717) is 0 Å². The molecule has 6 heavy (non-hydrogen) atoms. The van der Waals surface area contributed by atoms with Gasteiger partial charge in [-0.15, -0.1) is 0 Å². The zero-order valence-corrected chi connectivity index (χ0v) is 8.68. The molecule has 0 radical (unpaired) electrons. The molecule has 0 aliphatic carbocycles. The average Bonchev–Trinajstić information content (AvgIpc) is 0.722. The van der Waals surface area contributed by atoms with Crippen LogP contribution in [-0.4, -0.2) is 26.7 Å². The Morgan fingerprint density at radius 2 is 0.833 bits per heavy atom. The van der Waals surface area contributed by atoms with Gasteiger partial charge in [-0.3, -0.25) is 0 Å². The SMILES string of the molecule is C[P+](C)(C)C.[W]. The normalized spacial score (nSPS) is 10.0. The Bertz CT molecular complexity index is 23.0. The van der Waals surface area contributed by atoms with Crippen LogP contribution in [0.2, 0.25) is 0 Å². The van der Waals surface area contributed by atoms with Gasteiger partial charge in [0.05, 0.1) is 0 Å². The molecule has 0 rings (SSSR count). The molecule has 0 saturated carbocycles. The van der Waals surface area contributed by atoms with Crippen molar-refractivity contribution in [1.29, 1.82) is 0 Å². The van der Waals surface area contributed by atoms with Crippen LogP contribution in [0.5, 0.6) is 0 Å². The summed E-state index contributed by atoms with van der Waals surface area (Å²) in [5.74, 6) is 0. The molecule has 0 heterocycles. The minimum absolute atomic E-state index is 0. The van der Waals surface area contributed by atoms with Gasteiger partial charge in [-0.2, -0.15) is 0 Å². The third-order valence-electron chi connectivity index (χ3n) is 0. The molecule has 0 bridgehead atoms. The maximum absolute atomic E-state index is 2.30. The number of hydrogen-bond donors (Lipinski definition) is 0. The van der Waals surface area contributed by atoms with Gasteiger partial charge in [0.2, 0.25) is 0 Å². The molecule has 2 heteroatoms. The average molecular weight is 275 g/mol. The van der Waals surface area contributed by atoms with E-state index in [1.807, 2.05) is 0 Å². The van der Waals surface area contributed by atoms with E-state index in [1.165, 1.54) is 0 Å². The van der Waals surface area contributed by atoms with Gasteiger partial charge in [-0.05, 0) is 0 Å². The zero-order valence-electron chi connectivity index (χ0n) is 4.86. The molecule has 0 fully saturated rings. The molecule has 0 spiro atoms. The summed E-state index contributed by atoms with van der Waals surface area (Å²) in [7, 11) is -0.389. The predicted octanol–water partition coefficient (Wildman–Crippen LogP) is 1.52. The van der Waals surface area contributed by atoms with Crippen LogP contribution >= 0.6 is 7.26 Å². The van der Waals surface area contributed by atoms with E-state index in [0.717, 1.165) is 0 Å². The van der Waals surface area contributed by atoms with Crippen LogP contribution < -0.4 is 0 Å². The molecule has 0 unspecified atom stereocenters. The van der Waals surface area contributed by atoms with Crippen molar-refractivity contribution in [2.45, 2.75) is 0 Å². The smallest absolute Gasteiger partial charge is 0 e. The second-order valence-electron chi connectivity index (χ2n) is 2.68. The molecule has 0 N–H and O–H groups in total. The van der Waals surface area contributed by atoms with Crippen LogP contribution in [0, 0.1) is 0 Å². The van der Waals surface area contributed by atoms with Crippen LogP contribution in [0.15, 0.2) is 0 Å². The molecule has 0 aliphatic heterocycles. The first kappa shape index (κ1) is 10.2. The molecule has 0 aromatic rings.